The molecule has 9 atom stereocenters. The second-order valence-corrected chi connectivity index (χ2v) is 25.5. The van der Waals surface area contributed by atoms with Gasteiger partial charge in [-0.15, -0.1) is 11.8 Å². The van der Waals surface area contributed by atoms with E-state index in [9.17, 15) is 0 Å². The average Bonchev–Trinajstić information content (AvgIpc) is 3.54. The van der Waals surface area contributed by atoms with Crippen LogP contribution in [0.1, 0.15) is 137 Å². The number of fused-ring (bicyclic) bond motifs is 2. The molecule has 4 aliphatic carbocycles. The quantitative estimate of drug-likeness (QED) is 0.302. The summed E-state index contributed by atoms with van der Waals surface area (Å²) in [5.74, 6) is 7.19. The lowest BCUT2D eigenvalue weighted by Crippen LogP contribution is -2.47. The molecule has 6 rings (SSSR count). The number of benzene rings is 1. The van der Waals surface area contributed by atoms with Crippen molar-refractivity contribution in [2.24, 2.45) is 46.8 Å². The van der Waals surface area contributed by atoms with Crippen molar-refractivity contribution >= 4 is 19.8 Å². The molecule has 4 fully saturated rings. The lowest BCUT2D eigenvalue weighted by atomic mass is 9.67. The van der Waals surface area contributed by atoms with Gasteiger partial charge in [0.15, 0.2) is 0 Å². The molecular formula is C41H66SSi. The van der Waals surface area contributed by atoms with Crippen LogP contribution in [0.5, 0.6) is 0 Å². The molecule has 1 aromatic rings. The zero-order chi connectivity index (χ0) is 31.1. The van der Waals surface area contributed by atoms with Crippen molar-refractivity contribution in [3.8, 4) is 0 Å². The molecule has 0 spiro atoms. The Morgan fingerprint density at radius 1 is 0.721 bits per heavy atom. The van der Waals surface area contributed by atoms with E-state index in [2.05, 4.69) is 111 Å². The Bertz CT molecular complexity index is 1170. The molecule has 1 aromatic carbocycles. The van der Waals surface area contributed by atoms with Crippen LogP contribution >= 0.6 is 11.8 Å². The van der Waals surface area contributed by atoms with Gasteiger partial charge in [-0.1, -0.05) is 111 Å². The Kier molecular flexibility index (Phi) is 8.79. The van der Waals surface area contributed by atoms with E-state index in [0.717, 1.165) is 63.7 Å². The van der Waals surface area contributed by atoms with Gasteiger partial charge in [-0.05, 0) is 137 Å². The molecule has 43 heavy (non-hydrogen) atoms. The first-order valence-corrected chi connectivity index (χ1v) is 22.6. The highest BCUT2D eigenvalue weighted by Gasteiger charge is 2.60. The average molecular weight is 619 g/mol. The molecule has 0 aromatic heterocycles. The van der Waals surface area contributed by atoms with Crippen LogP contribution in [0.2, 0.25) is 24.2 Å². The molecule has 0 amide bonds. The number of allylic oxidation sites excluding steroid dienone is 2. The van der Waals surface area contributed by atoms with Crippen LogP contribution < -0.4 is 0 Å². The van der Waals surface area contributed by atoms with Gasteiger partial charge in [0.25, 0.3) is 0 Å². The fraction of sp³-hybridized carbons (Fsp3) is 0.805. The molecule has 5 aliphatic rings. The van der Waals surface area contributed by atoms with Gasteiger partial charge in [-0.25, -0.2) is 0 Å². The van der Waals surface area contributed by atoms with Crippen molar-refractivity contribution in [2.45, 2.75) is 161 Å². The van der Waals surface area contributed by atoms with Crippen LogP contribution in [-0.4, -0.2) is 13.3 Å². The minimum absolute atomic E-state index is 0.239. The maximum atomic E-state index is 2.89. The third kappa shape index (κ3) is 5.83. The summed E-state index contributed by atoms with van der Waals surface area (Å²) in [4.78, 5) is 1.77. The second-order valence-electron chi connectivity index (χ2n) is 19.2. The zero-order valence-electron chi connectivity index (χ0n) is 29.9. The first-order valence-electron chi connectivity index (χ1n) is 18.6. The Morgan fingerprint density at radius 3 is 1.95 bits per heavy atom. The molecule has 0 nitrogen and oxygen atoms in total. The third-order valence-corrected chi connectivity index (χ3v) is 21.3. The van der Waals surface area contributed by atoms with Crippen molar-refractivity contribution in [2.75, 3.05) is 0 Å². The van der Waals surface area contributed by atoms with Gasteiger partial charge in [0.05, 0.1) is 8.07 Å². The molecule has 1 aliphatic heterocycles. The summed E-state index contributed by atoms with van der Waals surface area (Å²) in [7, 11) is -1.51. The monoisotopic (exact) mass is 618 g/mol. The Hall–Kier alpha value is -0.473. The molecule has 0 N–H and O–H groups in total. The zero-order valence-corrected chi connectivity index (χ0v) is 31.7. The first kappa shape index (κ1) is 32.5. The van der Waals surface area contributed by atoms with E-state index in [1.54, 1.807) is 10.5 Å². The summed E-state index contributed by atoms with van der Waals surface area (Å²) in [6.45, 7) is 28.2. The molecule has 9 unspecified atom stereocenters. The van der Waals surface area contributed by atoms with E-state index in [0.29, 0.717) is 5.41 Å². The topological polar surface area (TPSA) is 0 Å². The van der Waals surface area contributed by atoms with E-state index >= 15 is 0 Å². The predicted molar refractivity (Wildman–Crippen MR) is 194 cm³/mol. The van der Waals surface area contributed by atoms with Crippen molar-refractivity contribution < 1.29 is 0 Å². The molecule has 0 bridgehead atoms. The summed E-state index contributed by atoms with van der Waals surface area (Å²) in [6, 6.07) is 9.96. The molecule has 240 valence electrons. The smallest absolute Gasteiger partial charge is 0.0555 e. The molecule has 0 saturated heterocycles. The molecule has 4 saturated carbocycles. The van der Waals surface area contributed by atoms with Crippen LogP contribution in [0.4, 0.5) is 0 Å². The van der Waals surface area contributed by atoms with Gasteiger partial charge in [0.2, 0.25) is 0 Å². The number of rotatable bonds is 4. The van der Waals surface area contributed by atoms with E-state index < -0.39 is 8.07 Å². The van der Waals surface area contributed by atoms with Crippen molar-refractivity contribution in [3.63, 3.8) is 0 Å². The van der Waals surface area contributed by atoms with Crippen molar-refractivity contribution in [1.29, 1.82) is 0 Å². The van der Waals surface area contributed by atoms with E-state index in [1.165, 1.54) is 63.4 Å². The Balaban J connectivity index is 1.20. The summed E-state index contributed by atoms with van der Waals surface area (Å²) >= 11 is 2.39. The molecule has 0 radical (unpaired) electrons. The SMILES string of the molecule is CC1=C(C2CCC(C(C)(C)C)CC2)C2CC(C)C([Si](C)(C)C3C(C)CC4C(c5ccc(C(C)(C)C)cc5)CCCC43)C2S1. The van der Waals surface area contributed by atoms with Gasteiger partial charge >= 0.3 is 0 Å². The van der Waals surface area contributed by atoms with E-state index in [1.807, 2.05) is 5.57 Å². The number of thioether (sulfide) groups is 1. The Labute approximate surface area is 272 Å². The third-order valence-electron chi connectivity index (χ3n) is 14.3. The minimum atomic E-state index is -1.51. The first-order chi connectivity index (χ1) is 20.1. The van der Waals surface area contributed by atoms with Crippen molar-refractivity contribution in [1.82, 2.24) is 0 Å². The van der Waals surface area contributed by atoms with Gasteiger partial charge in [0.1, 0.15) is 0 Å². The standard InChI is InChI=1S/C41H66SSi/c1-25-23-34-32(28-15-19-30(20-16-28)40(4,5)6)13-12-14-33(34)38(25)43(10,11)39-26(2)24-35-36(27(3)42-37(35)39)29-17-21-31(22-18-29)41(7,8)9/h15-16,19-20,25-26,29,31-35,37-39H,12-14,17-18,21-24H2,1-11H3. The van der Waals surface area contributed by atoms with Crippen LogP contribution in [-0.2, 0) is 5.41 Å². The second kappa shape index (κ2) is 11.6. The number of hydrogen-bond acceptors (Lipinski definition) is 1. The van der Waals surface area contributed by atoms with Gasteiger partial charge in [-0.3, -0.25) is 0 Å². The summed E-state index contributed by atoms with van der Waals surface area (Å²) in [5, 5.41) is 0.891. The summed E-state index contributed by atoms with van der Waals surface area (Å²) in [6.07, 6.45) is 13.2. The normalized spacial score (nSPS) is 40.6. The lowest BCUT2D eigenvalue weighted by Gasteiger charge is -2.47. The summed E-state index contributed by atoms with van der Waals surface area (Å²) < 4.78 is 0. The fourth-order valence-corrected chi connectivity index (χ4v) is 21.7. The van der Waals surface area contributed by atoms with Gasteiger partial charge in [-0.2, -0.15) is 0 Å². The van der Waals surface area contributed by atoms with Crippen LogP contribution in [0.15, 0.2) is 34.7 Å². The molecule has 1 heterocycles. The lowest BCUT2D eigenvalue weighted by molar-refractivity contribution is 0.156. The highest BCUT2D eigenvalue weighted by molar-refractivity contribution is 8.04. The van der Waals surface area contributed by atoms with Crippen LogP contribution in [0.25, 0.3) is 0 Å². The largest absolute Gasteiger partial charge is 0.127 e. The fourth-order valence-electron chi connectivity index (χ4n) is 12.5. The maximum absolute atomic E-state index is 2.89. The van der Waals surface area contributed by atoms with Gasteiger partial charge < -0.3 is 0 Å². The maximum Gasteiger partial charge on any atom is 0.0555 e. The van der Waals surface area contributed by atoms with E-state index in [-0.39, 0.29) is 5.41 Å². The highest BCUT2D eigenvalue weighted by Crippen LogP contribution is 2.68. The summed E-state index contributed by atoms with van der Waals surface area (Å²) in [5.41, 5.74) is 7.82. The van der Waals surface area contributed by atoms with E-state index in [4.69, 9.17) is 0 Å². The molecular weight excluding hydrogens is 553 g/mol. The predicted octanol–water partition coefficient (Wildman–Crippen LogP) is 12.9. The molecule has 2 heteroatoms. The number of hydrogen-bond donors (Lipinski definition) is 0. The van der Waals surface area contributed by atoms with Crippen LogP contribution in [0, 0.1) is 46.8 Å². The Morgan fingerprint density at radius 2 is 1.35 bits per heavy atom. The van der Waals surface area contributed by atoms with Crippen LogP contribution in [0.3, 0.4) is 0 Å². The minimum Gasteiger partial charge on any atom is -0.127 e. The van der Waals surface area contributed by atoms with Crippen molar-refractivity contribution in [3.05, 3.63) is 45.9 Å². The highest BCUT2D eigenvalue weighted by atomic mass is 32.2. The van der Waals surface area contributed by atoms with Gasteiger partial charge in [0, 0.05) is 5.25 Å².